The van der Waals surface area contributed by atoms with Crippen LogP contribution in [0.5, 0.6) is 0 Å². The standard InChI is InChI=1S/C21H25NO4/c1-4-6-7-9-17(23)18-16-11-13-10-14(8-5-2)22-12-15(13)19(24)21(16,3)26-20(18)25/h5,8,10,12,16,18H,4,6-7,9,11H2,1-3H3/t16-,18+,21-/m0/s1. The highest BCUT2D eigenvalue weighted by molar-refractivity contribution is 6.11. The summed E-state index contributed by atoms with van der Waals surface area (Å²) in [4.78, 5) is 42.4. The number of carbonyl (C=O) groups excluding carboxylic acids is 3. The second kappa shape index (κ2) is 7.14. The Morgan fingerprint density at radius 1 is 1.38 bits per heavy atom. The number of fused-ring (bicyclic) bond motifs is 2. The molecule has 0 spiro atoms. The zero-order chi connectivity index (χ0) is 18.9. The first-order valence-corrected chi connectivity index (χ1v) is 9.34. The molecule has 1 aliphatic carbocycles. The second-order valence-electron chi connectivity index (χ2n) is 7.34. The van der Waals surface area contributed by atoms with Gasteiger partial charge in [-0.25, -0.2) is 0 Å². The molecule has 5 nitrogen and oxygen atoms in total. The maximum Gasteiger partial charge on any atom is 0.317 e. The van der Waals surface area contributed by atoms with Gasteiger partial charge in [0.15, 0.2) is 5.60 Å². The molecule has 0 amide bonds. The molecule has 2 aliphatic rings. The van der Waals surface area contributed by atoms with E-state index in [9.17, 15) is 14.4 Å². The highest BCUT2D eigenvalue weighted by Gasteiger charge is 2.61. The Bertz CT molecular complexity index is 782. The van der Waals surface area contributed by atoms with Crippen molar-refractivity contribution in [2.24, 2.45) is 11.8 Å². The Morgan fingerprint density at radius 3 is 2.85 bits per heavy atom. The van der Waals surface area contributed by atoms with Gasteiger partial charge in [-0.15, -0.1) is 0 Å². The molecule has 0 N–H and O–H groups in total. The fourth-order valence-electron chi connectivity index (χ4n) is 4.07. The van der Waals surface area contributed by atoms with Crippen LogP contribution >= 0.6 is 0 Å². The van der Waals surface area contributed by atoms with E-state index in [0.717, 1.165) is 30.5 Å². The highest BCUT2D eigenvalue weighted by Crippen LogP contribution is 2.46. The monoisotopic (exact) mass is 355 g/mol. The average Bonchev–Trinajstić information content (AvgIpc) is 2.86. The molecule has 1 aromatic rings. The number of esters is 1. The third-order valence-electron chi connectivity index (χ3n) is 5.53. The minimum absolute atomic E-state index is 0.101. The average molecular weight is 355 g/mol. The summed E-state index contributed by atoms with van der Waals surface area (Å²) in [6.45, 7) is 5.61. The van der Waals surface area contributed by atoms with Crippen LogP contribution in [0.3, 0.4) is 0 Å². The van der Waals surface area contributed by atoms with Crippen LogP contribution in [0.4, 0.5) is 0 Å². The lowest BCUT2D eigenvalue weighted by atomic mass is 9.68. The van der Waals surface area contributed by atoms with Crippen LogP contribution in [0.15, 0.2) is 18.3 Å². The van der Waals surface area contributed by atoms with Gasteiger partial charge in [-0.05, 0) is 44.4 Å². The molecule has 0 radical (unpaired) electrons. The smallest absolute Gasteiger partial charge is 0.317 e. The fourth-order valence-corrected chi connectivity index (χ4v) is 4.07. The Kier molecular flexibility index (Phi) is 5.08. The molecule has 0 unspecified atom stereocenters. The van der Waals surface area contributed by atoms with Gasteiger partial charge in [-0.2, -0.15) is 0 Å². The van der Waals surface area contributed by atoms with Crippen molar-refractivity contribution in [1.29, 1.82) is 0 Å². The molecular formula is C21H25NO4. The molecule has 138 valence electrons. The Hall–Kier alpha value is -2.30. The van der Waals surface area contributed by atoms with Gasteiger partial charge in [-0.3, -0.25) is 19.4 Å². The normalized spacial score (nSPS) is 27.3. The van der Waals surface area contributed by atoms with E-state index < -0.39 is 23.4 Å². The second-order valence-corrected chi connectivity index (χ2v) is 7.34. The maximum atomic E-state index is 13.0. The maximum absolute atomic E-state index is 13.0. The van der Waals surface area contributed by atoms with Gasteiger partial charge in [0.2, 0.25) is 5.78 Å². The number of rotatable bonds is 6. The number of allylic oxidation sites excluding steroid dienone is 1. The Balaban J connectivity index is 1.93. The molecular weight excluding hydrogens is 330 g/mol. The van der Waals surface area contributed by atoms with E-state index in [1.54, 1.807) is 13.1 Å². The molecule has 0 saturated carbocycles. The van der Waals surface area contributed by atoms with Crippen LogP contribution in [-0.2, 0) is 20.7 Å². The summed E-state index contributed by atoms with van der Waals surface area (Å²) >= 11 is 0. The Labute approximate surface area is 153 Å². The molecule has 2 heterocycles. The summed E-state index contributed by atoms with van der Waals surface area (Å²) in [6, 6.07) is 1.87. The van der Waals surface area contributed by atoms with Crippen molar-refractivity contribution in [1.82, 2.24) is 4.98 Å². The van der Waals surface area contributed by atoms with Crippen molar-refractivity contribution in [2.45, 2.75) is 58.5 Å². The van der Waals surface area contributed by atoms with Gasteiger partial charge < -0.3 is 4.74 Å². The van der Waals surface area contributed by atoms with Crippen molar-refractivity contribution >= 4 is 23.6 Å². The lowest BCUT2D eigenvalue weighted by Gasteiger charge is -2.34. The highest BCUT2D eigenvalue weighted by atomic mass is 16.6. The van der Waals surface area contributed by atoms with Gasteiger partial charge in [0.1, 0.15) is 11.7 Å². The first kappa shape index (κ1) is 18.5. The van der Waals surface area contributed by atoms with E-state index in [-0.39, 0.29) is 11.6 Å². The predicted molar refractivity (Wildman–Crippen MR) is 97.6 cm³/mol. The van der Waals surface area contributed by atoms with Crippen LogP contribution in [0.25, 0.3) is 6.08 Å². The van der Waals surface area contributed by atoms with Gasteiger partial charge >= 0.3 is 5.97 Å². The van der Waals surface area contributed by atoms with Gasteiger partial charge in [-0.1, -0.05) is 25.8 Å². The topological polar surface area (TPSA) is 73.3 Å². The van der Waals surface area contributed by atoms with E-state index in [4.69, 9.17) is 4.74 Å². The van der Waals surface area contributed by atoms with Crippen LogP contribution in [-0.4, -0.2) is 28.1 Å². The summed E-state index contributed by atoms with van der Waals surface area (Å²) < 4.78 is 5.49. The molecule has 5 heteroatoms. The minimum Gasteiger partial charge on any atom is -0.450 e. The molecule has 1 fully saturated rings. The van der Waals surface area contributed by atoms with Crippen LogP contribution in [0.1, 0.15) is 68.1 Å². The van der Waals surface area contributed by atoms with Crippen molar-refractivity contribution in [3.63, 3.8) is 0 Å². The van der Waals surface area contributed by atoms with Crippen molar-refractivity contribution in [3.8, 4) is 0 Å². The van der Waals surface area contributed by atoms with Crippen molar-refractivity contribution in [3.05, 3.63) is 35.2 Å². The zero-order valence-corrected chi connectivity index (χ0v) is 15.6. The summed E-state index contributed by atoms with van der Waals surface area (Å²) in [5.74, 6) is -2.18. The van der Waals surface area contributed by atoms with Crippen molar-refractivity contribution in [2.75, 3.05) is 0 Å². The number of unbranched alkanes of at least 4 members (excludes halogenated alkanes) is 2. The molecule has 26 heavy (non-hydrogen) atoms. The molecule has 3 rings (SSSR count). The van der Waals surface area contributed by atoms with E-state index in [1.165, 1.54) is 0 Å². The summed E-state index contributed by atoms with van der Waals surface area (Å²) in [5.41, 5.74) is 0.826. The molecule has 1 saturated heterocycles. The lowest BCUT2D eigenvalue weighted by Crippen LogP contribution is -2.47. The summed E-state index contributed by atoms with van der Waals surface area (Å²) in [5, 5.41) is 0. The number of ether oxygens (including phenoxy) is 1. The van der Waals surface area contributed by atoms with Crippen LogP contribution in [0, 0.1) is 11.8 Å². The number of hydrogen-bond acceptors (Lipinski definition) is 5. The molecule has 1 aromatic heterocycles. The molecule has 1 aliphatic heterocycles. The number of nitrogens with zero attached hydrogens (tertiary/aromatic N) is 1. The molecule has 3 atom stereocenters. The third-order valence-corrected chi connectivity index (χ3v) is 5.53. The van der Waals surface area contributed by atoms with Gasteiger partial charge in [0.25, 0.3) is 0 Å². The number of pyridine rings is 1. The van der Waals surface area contributed by atoms with Crippen molar-refractivity contribution < 1.29 is 19.1 Å². The number of Topliss-reactive ketones (excluding diaryl/α,β-unsaturated/α-hetero) is 2. The molecule has 0 aromatic carbocycles. The largest absolute Gasteiger partial charge is 0.450 e. The lowest BCUT2D eigenvalue weighted by molar-refractivity contribution is -0.149. The number of carbonyl (C=O) groups is 3. The van der Waals surface area contributed by atoms with Crippen LogP contribution in [0.2, 0.25) is 0 Å². The zero-order valence-electron chi connectivity index (χ0n) is 15.6. The summed E-state index contributed by atoms with van der Waals surface area (Å²) in [6.07, 6.45) is 8.86. The number of hydrogen-bond donors (Lipinski definition) is 0. The number of aromatic nitrogens is 1. The van der Waals surface area contributed by atoms with Gasteiger partial charge in [0, 0.05) is 24.1 Å². The van der Waals surface area contributed by atoms with E-state index in [2.05, 4.69) is 11.9 Å². The Morgan fingerprint density at radius 2 is 2.15 bits per heavy atom. The minimum atomic E-state index is -1.26. The van der Waals surface area contributed by atoms with E-state index in [1.807, 2.05) is 25.1 Å². The fraction of sp³-hybridized carbons (Fsp3) is 0.524. The SMILES string of the molecule is CC=Cc1cc2c(cn1)C(=O)[C@@]1(C)OC(=O)[C@@H](C(=O)CCCCC)[C@@H]1C2. The predicted octanol–water partition coefficient (Wildman–Crippen LogP) is 3.55. The molecule has 0 bridgehead atoms. The van der Waals surface area contributed by atoms with E-state index in [0.29, 0.717) is 18.4 Å². The van der Waals surface area contributed by atoms with E-state index >= 15 is 0 Å². The first-order valence-electron chi connectivity index (χ1n) is 9.34. The third kappa shape index (κ3) is 3.00. The van der Waals surface area contributed by atoms with Gasteiger partial charge in [0.05, 0.1) is 5.69 Å². The first-order chi connectivity index (χ1) is 12.4. The summed E-state index contributed by atoms with van der Waals surface area (Å²) in [7, 11) is 0. The quantitative estimate of drug-likeness (QED) is 0.443. The number of ketones is 2. The van der Waals surface area contributed by atoms with Crippen LogP contribution < -0.4 is 0 Å².